The van der Waals surface area contributed by atoms with E-state index in [1.165, 1.54) is 18.4 Å². The topological polar surface area (TPSA) is 98.0 Å². The number of rotatable bonds is 4. The van der Waals surface area contributed by atoms with E-state index in [1.54, 1.807) is 23.3 Å². The number of carboxylic acids is 1. The zero-order valence-corrected chi connectivity index (χ0v) is 21.7. The second-order valence-corrected chi connectivity index (χ2v) is 9.66. The van der Waals surface area contributed by atoms with Gasteiger partial charge in [-0.15, -0.1) is 11.8 Å². The summed E-state index contributed by atoms with van der Waals surface area (Å²) in [5, 5.41) is 7.42. The zero-order valence-electron chi connectivity index (χ0n) is 20.1. The Labute approximate surface area is 211 Å². The van der Waals surface area contributed by atoms with Crippen LogP contribution in [0.2, 0.25) is 0 Å². The van der Waals surface area contributed by atoms with E-state index in [4.69, 9.17) is 14.6 Å². The van der Waals surface area contributed by atoms with E-state index in [2.05, 4.69) is 4.99 Å². The predicted octanol–water partition coefficient (Wildman–Crippen LogP) is 3.53. The van der Waals surface area contributed by atoms with Gasteiger partial charge in [0, 0.05) is 11.8 Å². The monoisotopic (exact) mass is 510 g/mol. The maximum Gasteiger partial charge on any atom is 0.338 e. The fraction of sp³-hybridized carbons (Fsp3) is 0.231. The fourth-order valence-electron chi connectivity index (χ4n) is 3.61. The molecule has 35 heavy (non-hydrogen) atoms. The highest BCUT2D eigenvalue weighted by Gasteiger charge is 2.33. The molecule has 9 heteroatoms. The number of fused-ring (bicyclic) bond motifs is 1. The van der Waals surface area contributed by atoms with E-state index in [1.807, 2.05) is 67.8 Å². The van der Waals surface area contributed by atoms with Crippen LogP contribution in [0.1, 0.15) is 36.6 Å². The van der Waals surface area contributed by atoms with Crippen LogP contribution in [-0.4, -0.2) is 35.0 Å². The van der Waals surface area contributed by atoms with Gasteiger partial charge in [-0.3, -0.25) is 14.2 Å². The van der Waals surface area contributed by atoms with Crippen molar-refractivity contribution in [3.63, 3.8) is 0 Å². The van der Waals surface area contributed by atoms with Crippen LogP contribution in [0.5, 0.6) is 0 Å². The van der Waals surface area contributed by atoms with Crippen molar-refractivity contribution in [2.45, 2.75) is 31.7 Å². The summed E-state index contributed by atoms with van der Waals surface area (Å²) in [6, 6.07) is 15.3. The van der Waals surface area contributed by atoms with E-state index >= 15 is 0 Å². The van der Waals surface area contributed by atoms with Crippen molar-refractivity contribution in [3.05, 3.63) is 96.2 Å². The molecule has 0 amide bonds. The van der Waals surface area contributed by atoms with Crippen molar-refractivity contribution in [1.82, 2.24) is 4.57 Å². The molecule has 0 bridgehead atoms. The molecule has 0 fully saturated rings. The molecular weight excluding hydrogens is 484 g/mol. The van der Waals surface area contributed by atoms with Crippen molar-refractivity contribution in [2.24, 2.45) is 4.99 Å². The van der Waals surface area contributed by atoms with E-state index in [0.717, 1.165) is 28.5 Å². The second kappa shape index (κ2) is 11.3. The number of carbonyl (C=O) groups is 2. The number of esters is 1. The number of aryl methyl sites for hydroxylation is 1. The number of hydrogen-bond acceptors (Lipinski definition) is 7. The number of carboxylic acid groups (broad SMARTS) is 1. The highest BCUT2D eigenvalue weighted by atomic mass is 32.2. The first-order chi connectivity index (χ1) is 16.7. The van der Waals surface area contributed by atoms with E-state index in [0.29, 0.717) is 20.6 Å². The minimum atomic E-state index is -0.833. The number of nitrogens with zero attached hydrogens (tertiary/aromatic N) is 2. The van der Waals surface area contributed by atoms with Crippen LogP contribution < -0.4 is 14.9 Å². The highest BCUT2D eigenvalue weighted by Crippen LogP contribution is 2.31. The molecule has 3 aromatic rings. The van der Waals surface area contributed by atoms with Crippen LogP contribution in [0.3, 0.4) is 0 Å². The predicted molar refractivity (Wildman–Crippen MR) is 138 cm³/mol. The Morgan fingerprint density at radius 3 is 2.26 bits per heavy atom. The summed E-state index contributed by atoms with van der Waals surface area (Å²) < 4.78 is 7.23. The van der Waals surface area contributed by atoms with E-state index in [9.17, 15) is 9.59 Å². The summed E-state index contributed by atoms with van der Waals surface area (Å²) in [6.07, 6.45) is 3.88. The molecule has 0 saturated heterocycles. The number of thiazole rings is 1. The number of carbonyl (C=O) groups excluding carboxylic acids is 1. The Balaban J connectivity index is 0.000000795. The number of allylic oxidation sites excluding steroid dienone is 1. The van der Waals surface area contributed by atoms with Gasteiger partial charge in [0.15, 0.2) is 4.80 Å². The first-order valence-corrected chi connectivity index (χ1v) is 12.7. The highest BCUT2D eigenvalue weighted by molar-refractivity contribution is 7.98. The number of aliphatic carboxylic acids is 1. The molecule has 7 nitrogen and oxygen atoms in total. The van der Waals surface area contributed by atoms with Crippen LogP contribution in [-0.2, 0) is 14.3 Å². The minimum absolute atomic E-state index is 0.169. The molecule has 1 aromatic heterocycles. The van der Waals surface area contributed by atoms with Crippen LogP contribution in [0, 0.1) is 6.92 Å². The first-order valence-electron chi connectivity index (χ1n) is 10.7. The summed E-state index contributed by atoms with van der Waals surface area (Å²) in [7, 11) is 1.35. The third-order valence-corrected chi connectivity index (χ3v) is 6.96. The Morgan fingerprint density at radius 2 is 1.71 bits per heavy atom. The Morgan fingerprint density at radius 1 is 1.11 bits per heavy atom. The molecule has 1 aliphatic rings. The standard InChI is InChI=1S/C24H22N2O3S2.C2H4O2/c1-14-5-7-16(8-6-14)13-19-22(27)26-21(17-9-11-18(30-4)12-10-17)20(23(28)29-3)15(2)25-24(26)31-19;1-2(3)4/h5-13,21H,1-4H3;1H3,(H,3,4)/b19-13+;. The van der Waals surface area contributed by atoms with Crippen molar-refractivity contribution in [2.75, 3.05) is 13.4 Å². The summed E-state index contributed by atoms with van der Waals surface area (Å²) in [6.45, 7) is 4.89. The molecule has 182 valence electrons. The largest absolute Gasteiger partial charge is 0.481 e. The average Bonchev–Trinajstić information content (AvgIpc) is 3.13. The van der Waals surface area contributed by atoms with Gasteiger partial charge in [-0.1, -0.05) is 53.3 Å². The third kappa shape index (κ3) is 5.98. The lowest BCUT2D eigenvalue weighted by Gasteiger charge is -2.24. The Hall–Kier alpha value is -3.43. The molecule has 0 radical (unpaired) electrons. The zero-order chi connectivity index (χ0) is 25.7. The Kier molecular flexibility index (Phi) is 8.48. The molecule has 1 atom stereocenters. The molecule has 1 unspecified atom stereocenters. The van der Waals surface area contributed by atoms with E-state index in [-0.39, 0.29) is 5.56 Å². The van der Waals surface area contributed by atoms with Gasteiger partial charge in [-0.25, -0.2) is 9.79 Å². The van der Waals surface area contributed by atoms with Gasteiger partial charge in [-0.05, 0) is 49.4 Å². The van der Waals surface area contributed by atoms with Gasteiger partial charge in [0.2, 0.25) is 0 Å². The number of benzene rings is 2. The molecule has 0 spiro atoms. The summed E-state index contributed by atoms with van der Waals surface area (Å²) in [4.78, 5) is 41.4. The van der Waals surface area contributed by atoms with Crippen molar-refractivity contribution >= 4 is 41.1 Å². The third-order valence-electron chi connectivity index (χ3n) is 5.23. The lowest BCUT2D eigenvalue weighted by atomic mass is 9.96. The number of hydrogen-bond donors (Lipinski definition) is 1. The number of aromatic nitrogens is 1. The normalized spacial score (nSPS) is 15.0. The van der Waals surface area contributed by atoms with Gasteiger partial charge in [0.25, 0.3) is 11.5 Å². The number of ether oxygens (including phenoxy) is 1. The van der Waals surface area contributed by atoms with Crippen molar-refractivity contribution in [1.29, 1.82) is 0 Å². The maximum atomic E-state index is 13.5. The lowest BCUT2D eigenvalue weighted by molar-refractivity contribution is -0.137. The number of methoxy groups -OCH3 is 1. The van der Waals surface area contributed by atoms with Crippen molar-refractivity contribution in [3.8, 4) is 0 Å². The molecule has 1 aliphatic heterocycles. The molecule has 4 rings (SSSR count). The van der Waals surface area contributed by atoms with Crippen LogP contribution in [0.4, 0.5) is 0 Å². The summed E-state index contributed by atoms with van der Waals surface area (Å²) in [5.41, 5.74) is 3.72. The van der Waals surface area contributed by atoms with E-state index < -0.39 is 18.0 Å². The molecule has 2 heterocycles. The average molecular weight is 511 g/mol. The van der Waals surface area contributed by atoms with Gasteiger partial charge in [0.05, 0.1) is 29.0 Å². The lowest BCUT2D eigenvalue weighted by Crippen LogP contribution is -2.39. The van der Waals surface area contributed by atoms with Crippen molar-refractivity contribution < 1.29 is 19.4 Å². The molecular formula is C26H26N2O5S2. The number of thioether (sulfide) groups is 1. The fourth-order valence-corrected chi connectivity index (χ4v) is 5.06. The van der Waals surface area contributed by atoms with Crippen LogP contribution in [0.15, 0.2) is 74.5 Å². The summed E-state index contributed by atoms with van der Waals surface area (Å²) in [5.74, 6) is -1.31. The first kappa shape index (κ1) is 26.2. The van der Waals surface area contributed by atoms with Gasteiger partial charge < -0.3 is 9.84 Å². The second-order valence-electron chi connectivity index (χ2n) is 7.78. The van der Waals surface area contributed by atoms with Crippen LogP contribution in [0.25, 0.3) is 6.08 Å². The Bertz CT molecular complexity index is 1450. The SMILES string of the molecule is CC(=O)O.COC(=O)C1=C(C)N=c2s/c(=C/c3ccc(C)cc3)c(=O)n2C1c1ccc(SC)cc1. The van der Waals surface area contributed by atoms with Crippen LogP contribution >= 0.6 is 23.1 Å². The van der Waals surface area contributed by atoms with Gasteiger partial charge in [0.1, 0.15) is 0 Å². The quantitative estimate of drug-likeness (QED) is 0.426. The smallest absolute Gasteiger partial charge is 0.338 e. The maximum absolute atomic E-state index is 13.5. The molecule has 1 N–H and O–H groups in total. The molecule has 0 saturated carbocycles. The van der Waals surface area contributed by atoms with Gasteiger partial charge >= 0.3 is 5.97 Å². The van der Waals surface area contributed by atoms with Gasteiger partial charge in [-0.2, -0.15) is 0 Å². The minimum Gasteiger partial charge on any atom is -0.481 e. The summed E-state index contributed by atoms with van der Waals surface area (Å²) >= 11 is 2.97. The molecule has 0 aliphatic carbocycles. The molecule has 2 aromatic carbocycles.